The highest BCUT2D eigenvalue weighted by molar-refractivity contribution is 6.08. The Morgan fingerprint density at radius 2 is 2.03 bits per heavy atom. The number of likely N-dealkylation sites (tertiary alicyclic amines) is 1. The average molecular weight is 434 g/mol. The average Bonchev–Trinajstić information content (AvgIpc) is 3.33. The van der Waals surface area contributed by atoms with E-state index in [2.05, 4.69) is 21.7 Å². The van der Waals surface area contributed by atoms with Gasteiger partial charge in [0, 0.05) is 19.3 Å². The molecule has 1 saturated heterocycles. The minimum absolute atomic E-state index is 0.160. The van der Waals surface area contributed by atoms with E-state index >= 15 is 0 Å². The van der Waals surface area contributed by atoms with E-state index < -0.39 is 0 Å². The summed E-state index contributed by atoms with van der Waals surface area (Å²) in [6.07, 6.45) is 8.66. The second-order valence-electron chi connectivity index (χ2n) is 9.06. The number of anilines is 2. The zero-order valence-electron chi connectivity index (χ0n) is 18.6. The lowest BCUT2D eigenvalue weighted by Crippen LogP contribution is -2.59. The van der Waals surface area contributed by atoms with Crippen LogP contribution in [0.25, 0.3) is 0 Å². The number of hydrogen-bond donors (Lipinski definition) is 2. The van der Waals surface area contributed by atoms with Crippen molar-refractivity contribution in [1.82, 2.24) is 9.88 Å². The van der Waals surface area contributed by atoms with Gasteiger partial charge in [-0.25, -0.2) is 4.98 Å². The van der Waals surface area contributed by atoms with Gasteiger partial charge in [0.25, 0.3) is 0 Å². The Hall–Kier alpha value is -3.09. The zero-order valence-corrected chi connectivity index (χ0v) is 18.6. The van der Waals surface area contributed by atoms with Gasteiger partial charge in [-0.3, -0.25) is 9.79 Å². The van der Waals surface area contributed by atoms with E-state index in [9.17, 15) is 4.79 Å². The monoisotopic (exact) mass is 433 g/mol. The predicted octanol–water partition coefficient (Wildman–Crippen LogP) is 3.87. The van der Waals surface area contributed by atoms with Gasteiger partial charge >= 0.3 is 0 Å². The first-order chi connectivity index (χ1) is 15.6. The number of aromatic nitrogens is 1. The molecule has 2 aromatic rings. The normalized spacial score (nSPS) is 21.2. The van der Waals surface area contributed by atoms with Crippen molar-refractivity contribution < 1.29 is 9.53 Å². The molecule has 1 aromatic heterocycles. The first-order valence-electron chi connectivity index (χ1n) is 11.6. The summed E-state index contributed by atoms with van der Waals surface area (Å²) in [4.78, 5) is 24.6. The third-order valence-electron chi connectivity index (χ3n) is 6.97. The number of nitrogens with one attached hydrogen (secondary N) is 2. The quantitative estimate of drug-likeness (QED) is 0.765. The first-order valence-corrected chi connectivity index (χ1v) is 11.6. The standard InChI is InChI=1S/C25H31N5O2/c1-32-20-9-4-6-18(16-20)17-22(31)30-14-11-25(12-15-30)24(27-19-7-2-3-8-19)28-23-21(29-25)10-5-13-26-23/h4-6,9-10,13,16,19,29H,2-3,7-8,11-12,14-15,17H2,1H3,(H,26,27,28). The molecule has 3 aliphatic rings. The maximum atomic E-state index is 13.0. The summed E-state index contributed by atoms with van der Waals surface area (Å²) < 4.78 is 5.29. The third kappa shape index (κ3) is 4.16. The van der Waals surface area contributed by atoms with Crippen LogP contribution in [-0.2, 0) is 11.2 Å². The van der Waals surface area contributed by atoms with Crippen LogP contribution in [0.15, 0.2) is 47.6 Å². The Morgan fingerprint density at radius 1 is 1.22 bits per heavy atom. The fourth-order valence-electron chi connectivity index (χ4n) is 5.09. The Bertz CT molecular complexity index is 1010. The van der Waals surface area contributed by atoms with E-state index in [1.54, 1.807) is 13.3 Å². The molecule has 2 N–H and O–H groups in total. The molecule has 1 saturated carbocycles. The molecule has 0 bridgehead atoms. The van der Waals surface area contributed by atoms with Gasteiger partial charge in [-0.05, 0) is 55.5 Å². The minimum atomic E-state index is -0.272. The van der Waals surface area contributed by atoms with Crippen LogP contribution in [0.1, 0.15) is 44.1 Å². The van der Waals surface area contributed by atoms with Gasteiger partial charge in [0.15, 0.2) is 5.82 Å². The van der Waals surface area contributed by atoms with Crippen LogP contribution in [0.3, 0.4) is 0 Å². The first kappa shape index (κ1) is 20.8. The van der Waals surface area contributed by atoms with Gasteiger partial charge in [0.2, 0.25) is 5.91 Å². The molecule has 32 heavy (non-hydrogen) atoms. The highest BCUT2D eigenvalue weighted by atomic mass is 16.5. The highest BCUT2D eigenvalue weighted by Crippen LogP contribution is 2.37. The summed E-state index contributed by atoms with van der Waals surface area (Å²) in [7, 11) is 1.65. The number of nitrogens with zero attached hydrogens (tertiary/aromatic N) is 3. The van der Waals surface area contributed by atoms with E-state index in [0.29, 0.717) is 25.6 Å². The summed E-state index contributed by atoms with van der Waals surface area (Å²) in [5.41, 5.74) is 1.72. The summed E-state index contributed by atoms with van der Waals surface area (Å²) in [5.74, 6) is 2.78. The van der Waals surface area contributed by atoms with Crippen molar-refractivity contribution in [3.63, 3.8) is 0 Å². The van der Waals surface area contributed by atoms with Crippen LogP contribution in [-0.4, -0.2) is 53.4 Å². The van der Waals surface area contributed by atoms with Crippen molar-refractivity contribution >= 4 is 23.2 Å². The number of aliphatic imine (C=N–C) groups is 1. The molecular formula is C25H31N5O2. The smallest absolute Gasteiger partial charge is 0.226 e. The number of fused-ring (bicyclic) bond motifs is 1. The van der Waals surface area contributed by atoms with E-state index in [1.807, 2.05) is 35.2 Å². The second-order valence-corrected chi connectivity index (χ2v) is 9.06. The molecule has 5 rings (SSSR count). The number of amides is 1. The molecule has 3 heterocycles. The van der Waals surface area contributed by atoms with Crippen LogP contribution in [0.4, 0.5) is 11.5 Å². The topological polar surface area (TPSA) is 78.8 Å². The lowest BCUT2D eigenvalue weighted by Gasteiger charge is -2.46. The predicted molar refractivity (Wildman–Crippen MR) is 126 cm³/mol. The molecule has 2 fully saturated rings. The van der Waals surface area contributed by atoms with Gasteiger partial charge in [0.05, 0.1) is 30.8 Å². The van der Waals surface area contributed by atoms with Crippen molar-refractivity contribution in [2.24, 2.45) is 4.99 Å². The third-order valence-corrected chi connectivity index (χ3v) is 6.97. The molecule has 1 aliphatic carbocycles. The van der Waals surface area contributed by atoms with Crippen molar-refractivity contribution in [3.8, 4) is 5.75 Å². The number of hydrogen-bond acceptors (Lipinski definition) is 5. The maximum Gasteiger partial charge on any atom is 0.226 e. The van der Waals surface area contributed by atoms with Crippen molar-refractivity contribution in [1.29, 1.82) is 0 Å². The maximum absolute atomic E-state index is 13.0. The summed E-state index contributed by atoms with van der Waals surface area (Å²) >= 11 is 0. The molecule has 1 spiro atoms. The number of methoxy groups -OCH3 is 1. The number of carbonyl (C=O) groups is 1. The molecule has 0 atom stereocenters. The molecule has 2 aliphatic heterocycles. The number of benzene rings is 1. The summed E-state index contributed by atoms with van der Waals surface area (Å²) in [6.45, 7) is 1.41. The second kappa shape index (κ2) is 8.81. The Balaban J connectivity index is 1.32. The molecule has 168 valence electrons. The minimum Gasteiger partial charge on any atom is -0.497 e. The molecule has 0 unspecified atom stereocenters. The van der Waals surface area contributed by atoms with Crippen LogP contribution in [0.2, 0.25) is 0 Å². The molecule has 1 amide bonds. The van der Waals surface area contributed by atoms with E-state index in [4.69, 9.17) is 9.73 Å². The van der Waals surface area contributed by atoms with Crippen LogP contribution in [0.5, 0.6) is 5.75 Å². The molecular weight excluding hydrogens is 402 g/mol. The van der Waals surface area contributed by atoms with Crippen LogP contribution < -0.4 is 15.4 Å². The van der Waals surface area contributed by atoms with Crippen molar-refractivity contribution in [2.75, 3.05) is 30.8 Å². The number of carbonyl (C=O) groups excluding carboxylic acids is 1. The van der Waals surface area contributed by atoms with Crippen LogP contribution >= 0.6 is 0 Å². The van der Waals surface area contributed by atoms with Gasteiger partial charge in [-0.15, -0.1) is 0 Å². The zero-order chi connectivity index (χ0) is 22.0. The van der Waals surface area contributed by atoms with Gasteiger partial charge < -0.3 is 20.3 Å². The fourth-order valence-corrected chi connectivity index (χ4v) is 5.09. The number of ether oxygens (including phenoxy) is 1. The summed E-state index contributed by atoms with van der Waals surface area (Å²) in [5, 5.41) is 7.29. The largest absolute Gasteiger partial charge is 0.497 e. The van der Waals surface area contributed by atoms with Crippen molar-refractivity contribution in [3.05, 3.63) is 48.2 Å². The van der Waals surface area contributed by atoms with E-state index in [1.165, 1.54) is 12.8 Å². The fraction of sp³-hybridized carbons (Fsp3) is 0.480. The lowest BCUT2D eigenvalue weighted by atomic mass is 9.84. The van der Waals surface area contributed by atoms with Gasteiger partial charge in [-0.2, -0.15) is 0 Å². The van der Waals surface area contributed by atoms with Gasteiger partial charge in [0.1, 0.15) is 11.6 Å². The molecule has 7 nitrogen and oxygen atoms in total. The van der Waals surface area contributed by atoms with Crippen LogP contribution in [0, 0.1) is 0 Å². The Kier molecular flexibility index (Phi) is 5.72. The van der Waals surface area contributed by atoms with Crippen molar-refractivity contribution in [2.45, 2.75) is 56.5 Å². The summed E-state index contributed by atoms with van der Waals surface area (Å²) in [6, 6.07) is 12.1. The molecule has 7 heteroatoms. The molecule has 1 aromatic carbocycles. The number of rotatable bonds is 4. The number of piperidine rings is 1. The lowest BCUT2D eigenvalue weighted by molar-refractivity contribution is -0.131. The van der Waals surface area contributed by atoms with E-state index in [0.717, 1.165) is 54.3 Å². The number of amidine groups is 1. The van der Waals surface area contributed by atoms with Gasteiger partial charge in [-0.1, -0.05) is 25.0 Å². The highest BCUT2D eigenvalue weighted by Gasteiger charge is 2.44. The SMILES string of the molecule is COc1cccc(CC(=O)N2CCC3(CC2)Nc2cccnc2NC3=NC2CCCC2)c1. The number of pyridine rings is 1. The Morgan fingerprint density at radius 3 is 2.81 bits per heavy atom. The molecule has 0 radical (unpaired) electrons. The Labute approximate surface area is 189 Å². The van der Waals surface area contributed by atoms with E-state index in [-0.39, 0.29) is 11.4 Å².